The van der Waals surface area contributed by atoms with Crippen LogP contribution >= 0.6 is 0 Å². The molecule has 2 heterocycles. The number of hydrogen-bond acceptors (Lipinski definition) is 3. The van der Waals surface area contributed by atoms with Crippen LogP contribution in [0.3, 0.4) is 0 Å². The Kier molecular flexibility index (Phi) is 6.13. The molecule has 0 aromatic heterocycles. The van der Waals surface area contributed by atoms with Crippen molar-refractivity contribution in [1.29, 1.82) is 0 Å². The molecule has 1 aromatic rings. The standard InChI is InChI=1S/C21H33N3O/c1-16(2)18-7-9-19(10-8-18)20(24-14-11-22-17(3)15-24)21(25)23-12-5-4-6-13-23/h7-10,16-17,20,22H,4-6,11-15H2,1-3H3. The van der Waals surface area contributed by atoms with Gasteiger partial charge in [-0.1, -0.05) is 38.1 Å². The number of nitrogens with zero attached hydrogens (tertiary/aromatic N) is 2. The van der Waals surface area contributed by atoms with E-state index in [1.165, 1.54) is 12.0 Å². The molecule has 4 heteroatoms. The van der Waals surface area contributed by atoms with Gasteiger partial charge in [0, 0.05) is 38.8 Å². The molecular weight excluding hydrogens is 310 g/mol. The first-order valence-corrected chi connectivity index (χ1v) is 9.92. The third kappa shape index (κ3) is 4.42. The Morgan fingerprint density at radius 3 is 2.28 bits per heavy atom. The van der Waals surface area contributed by atoms with Crippen molar-refractivity contribution in [3.63, 3.8) is 0 Å². The number of piperidine rings is 1. The van der Waals surface area contributed by atoms with Crippen LogP contribution in [0.15, 0.2) is 24.3 Å². The second kappa shape index (κ2) is 8.33. The second-order valence-corrected chi connectivity index (χ2v) is 7.96. The van der Waals surface area contributed by atoms with E-state index in [4.69, 9.17) is 0 Å². The van der Waals surface area contributed by atoms with E-state index in [1.807, 2.05) is 0 Å². The summed E-state index contributed by atoms with van der Waals surface area (Å²) in [6, 6.07) is 9.04. The van der Waals surface area contributed by atoms with Crippen molar-refractivity contribution in [1.82, 2.24) is 15.1 Å². The number of hydrogen-bond donors (Lipinski definition) is 1. The zero-order valence-corrected chi connectivity index (χ0v) is 16.0. The molecule has 138 valence electrons. The first-order valence-electron chi connectivity index (χ1n) is 9.92. The Morgan fingerprint density at radius 1 is 1.04 bits per heavy atom. The van der Waals surface area contributed by atoms with Crippen LogP contribution in [0.2, 0.25) is 0 Å². The Balaban J connectivity index is 1.86. The fraction of sp³-hybridized carbons (Fsp3) is 0.667. The SMILES string of the molecule is CC1CN(C(C(=O)N2CCCCC2)c2ccc(C(C)C)cc2)CCN1. The van der Waals surface area contributed by atoms with Crippen molar-refractivity contribution in [2.24, 2.45) is 0 Å². The van der Waals surface area contributed by atoms with Crippen LogP contribution in [-0.4, -0.2) is 54.5 Å². The maximum Gasteiger partial charge on any atom is 0.244 e. The highest BCUT2D eigenvalue weighted by atomic mass is 16.2. The molecule has 4 nitrogen and oxygen atoms in total. The fourth-order valence-corrected chi connectivity index (χ4v) is 4.06. The highest BCUT2D eigenvalue weighted by molar-refractivity contribution is 5.83. The maximum atomic E-state index is 13.4. The minimum Gasteiger partial charge on any atom is -0.341 e. The van der Waals surface area contributed by atoms with Gasteiger partial charge in [0.1, 0.15) is 6.04 Å². The molecule has 0 spiro atoms. The molecule has 2 aliphatic rings. The molecule has 0 saturated carbocycles. The van der Waals surface area contributed by atoms with Gasteiger partial charge in [0.25, 0.3) is 0 Å². The largest absolute Gasteiger partial charge is 0.341 e. The van der Waals surface area contributed by atoms with E-state index in [-0.39, 0.29) is 6.04 Å². The smallest absolute Gasteiger partial charge is 0.244 e. The van der Waals surface area contributed by atoms with Gasteiger partial charge in [0.2, 0.25) is 5.91 Å². The number of nitrogens with one attached hydrogen (secondary N) is 1. The molecule has 2 fully saturated rings. The maximum absolute atomic E-state index is 13.4. The molecule has 1 aromatic carbocycles. The number of rotatable bonds is 4. The summed E-state index contributed by atoms with van der Waals surface area (Å²) in [4.78, 5) is 17.9. The van der Waals surface area contributed by atoms with Gasteiger partial charge in [-0.05, 0) is 43.2 Å². The molecule has 1 amide bonds. The van der Waals surface area contributed by atoms with Gasteiger partial charge in [-0.2, -0.15) is 0 Å². The summed E-state index contributed by atoms with van der Waals surface area (Å²) in [7, 11) is 0. The third-order valence-corrected chi connectivity index (χ3v) is 5.59. The minimum atomic E-state index is -0.135. The zero-order chi connectivity index (χ0) is 17.8. The second-order valence-electron chi connectivity index (χ2n) is 7.96. The number of benzene rings is 1. The molecular formula is C21H33N3O. The Hall–Kier alpha value is -1.39. The summed E-state index contributed by atoms with van der Waals surface area (Å²) < 4.78 is 0. The van der Waals surface area contributed by atoms with E-state index in [0.717, 1.165) is 51.1 Å². The van der Waals surface area contributed by atoms with Gasteiger partial charge in [-0.25, -0.2) is 0 Å². The topological polar surface area (TPSA) is 35.6 Å². The predicted molar refractivity (Wildman–Crippen MR) is 103 cm³/mol. The third-order valence-electron chi connectivity index (χ3n) is 5.59. The summed E-state index contributed by atoms with van der Waals surface area (Å²) in [5.74, 6) is 0.815. The molecule has 2 atom stereocenters. The number of amides is 1. The Bertz CT molecular complexity index is 563. The van der Waals surface area contributed by atoms with Gasteiger partial charge in [0.05, 0.1) is 0 Å². The van der Waals surface area contributed by atoms with E-state index in [1.54, 1.807) is 0 Å². The molecule has 2 unspecified atom stereocenters. The summed E-state index contributed by atoms with van der Waals surface area (Å²) >= 11 is 0. The van der Waals surface area contributed by atoms with Gasteiger partial charge in [-0.15, -0.1) is 0 Å². The predicted octanol–water partition coefficient (Wildman–Crippen LogP) is 3.16. The average Bonchev–Trinajstić information content (AvgIpc) is 2.63. The van der Waals surface area contributed by atoms with Crippen LogP contribution in [0.1, 0.15) is 63.1 Å². The van der Waals surface area contributed by atoms with Crippen LogP contribution in [0.4, 0.5) is 0 Å². The highest BCUT2D eigenvalue weighted by Gasteiger charge is 2.33. The summed E-state index contributed by atoms with van der Waals surface area (Å²) in [5, 5.41) is 3.49. The number of piperazine rings is 1. The lowest BCUT2D eigenvalue weighted by Crippen LogP contribution is -2.54. The molecule has 0 aliphatic carbocycles. The Labute approximate surface area is 152 Å². The van der Waals surface area contributed by atoms with E-state index >= 15 is 0 Å². The van der Waals surface area contributed by atoms with Gasteiger partial charge in [-0.3, -0.25) is 9.69 Å². The first kappa shape index (κ1) is 18.4. The summed E-state index contributed by atoms with van der Waals surface area (Å²) in [6.45, 7) is 11.3. The average molecular weight is 344 g/mol. The van der Waals surface area contributed by atoms with Crippen LogP contribution in [0.5, 0.6) is 0 Å². The fourth-order valence-electron chi connectivity index (χ4n) is 4.06. The molecule has 25 heavy (non-hydrogen) atoms. The van der Waals surface area contributed by atoms with E-state index in [0.29, 0.717) is 17.9 Å². The van der Waals surface area contributed by atoms with Crippen molar-refractivity contribution in [2.75, 3.05) is 32.7 Å². The number of likely N-dealkylation sites (tertiary alicyclic amines) is 1. The lowest BCUT2D eigenvalue weighted by atomic mass is 9.96. The quantitative estimate of drug-likeness (QED) is 0.912. The monoisotopic (exact) mass is 343 g/mol. The van der Waals surface area contributed by atoms with Gasteiger partial charge >= 0.3 is 0 Å². The van der Waals surface area contributed by atoms with Crippen LogP contribution < -0.4 is 5.32 Å². The van der Waals surface area contributed by atoms with Crippen LogP contribution in [0, 0.1) is 0 Å². The van der Waals surface area contributed by atoms with Gasteiger partial charge in [0.15, 0.2) is 0 Å². The lowest BCUT2D eigenvalue weighted by molar-refractivity contribution is -0.138. The molecule has 2 saturated heterocycles. The zero-order valence-electron chi connectivity index (χ0n) is 16.0. The van der Waals surface area contributed by atoms with Crippen molar-refractivity contribution < 1.29 is 4.79 Å². The molecule has 1 N–H and O–H groups in total. The Morgan fingerprint density at radius 2 is 1.68 bits per heavy atom. The van der Waals surface area contributed by atoms with Crippen molar-refractivity contribution in [3.8, 4) is 0 Å². The van der Waals surface area contributed by atoms with Crippen molar-refractivity contribution in [3.05, 3.63) is 35.4 Å². The molecule has 2 aliphatic heterocycles. The first-order chi connectivity index (χ1) is 12.1. The highest BCUT2D eigenvalue weighted by Crippen LogP contribution is 2.27. The van der Waals surface area contributed by atoms with Crippen LogP contribution in [0.25, 0.3) is 0 Å². The normalized spacial score (nSPS) is 23.7. The van der Waals surface area contributed by atoms with Gasteiger partial charge < -0.3 is 10.2 Å². The lowest BCUT2D eigenvalue weighted by Gasteiger charge is -2.40. The number of carbonyl (C=O) groups is 1. The number of carbonyl (C=O) groups excluding carboxylic acids is 1. The van der Waals surface area contributed by atoms with E-state index in [9.17, 15) is 4.79 Å². The molecule has 0 bridgehead atoms. The van der Waals surface area contributed by atoms with Crippen molar-refractivity contribution in [2.45, 2.75) is 58.0 Å². The van der Waals surface area contributed by atoms with E-state index in [2.05, 4.69) is 60.2 Å². The summed E-state index contributed by atoms with van der Waals surface area (Å²) in [6.07, 6.45) is 3.54. The minimum absolute atomic E-state index is 0.135. The summed E-state index contributed by atoms with van der Waals surface area (Å²) in [5.41, 5.74) is 2.48. The molecule has 0 radical (unpaired) electrons. The van der Waals surface area contributed by atoms with Crippen molar-refractivity contribution >= 4 is 5.91 Å². The molecule has 3 rings (SSSR count). The van der Waals surface area contributed by atoms with E-state index < -0.39 is 0 Å². The van der Waals surface area contributed by atoms with Crippen LogP contribution in [-0.2, 0) is 4.79 Å².